The predicted molar refractivity (Wildman–Crippen MR) is 96.7 cm³/mol. The summed E-state index contributed by atoms with van der Waals surface area (Å²) in [5, 5.41) is 11.0. The summed E-state index contributed by atoms with van der Waals surface area (Å²) >= 11 is 0. The number of aliphatic hydroxyl groups is 1. The highest BCUT2D eigenvalue weighted by Gasteiger charge is 2.69. The molecule has 0 radical (unpaired) electrons. The zero-order chi connectivity index (χ0) is 17.6. The van der Waals surface area contributed by atoms with E-state index in [1.165, 1.54) is 11.1 Å². The van der Waals surface area contributed by atoms with Gasteiger partial charge in [-0.05, 0) is 36.9 Å². The van der Waals surface area contributed by atoms with E-state index in [4.69, 9.17) is 4.74 Å². The summed E-state index contributed by atoms with van der Waals surface area (Å²) in [6.07, 6.45) is 3.47. The van der Waals surface area contributed by atoms with Crippen molar-refractivity contribution in [3.63, 3.8) is 0 Å². The summed E-state index contributed by atoms with van der Waals surface area (Å²) in [7, 11) is 0. The van der Waals surface area contributed by atoms with Gasteiger partial charge in [-0.3, -0.25) is 9.69 Å². The molecule has 2 bridgehead atoms. The number of hydrogen-bond acceptors (Lipinski definition) is 4. The van der Waals surface area contributed by atoms with Gasteiger partial charge in [0.05, 0.1) is 12.6 Å². The monoisotopic (exact) mass is 352 g/mol. The van der Waals surface area contributed by atoms with E-state index in [2.05, 4.69) is 29.2 Å². The lowest BCUT2D eigenvalue weighted by Crippen LogP contribution is -2.66. The van der Waals surface area contributed by atoms with Crippen LogP contribution in [-0.4, -0.2) is 54.0 Å². The van der Waals surface area contributed by atoms with Gasteiger partial charge in [-0.1, -0.05) is 29.8 Å². The SMILES string of the molecule is CC(=O)N1c2ccccc2[C@@]23CCN4CC5=CCO[C@H](O)[C@@H]([C@@H]5C[C@H]42)[C@H]13. The van der Waals surface area contributed by atoms with E-state index < -0.39 is 6.29 Å². The lowest BCUT2D eigenvalue weighted by molar-refractivity contribution is -0.156. The van der Waals surface area contributed by atoms with Crippen molar-refractivity contribution in [1.29, 1.82) is 0 Å². The van der Waals surface area contributed by atoms with Crippen LogP contribution in [0.4, 0.5) is 5.69 Å². The molecule has 26 heavy (non-hydrogen) atoms. The molecule has 2 saturated heterocycles. The number of fused-ring (bicyclic) bond motifs is 2. The summed E-state index contributed by atoms with van der Waals surface area (Å²) in [6, 6.07) is 8.83. The summed E-state index contributed by atoms with van der Waals surface area (Å²) in [4.78, 5) is 17.4. The van der Waals surface area contributed by atoms with E-state index in [-0.39, 0.29) is 23.3 Å². The van der Waals surface area contributed by atoms with Gasteiger partial charge in [-0.15, -0.1) is 0 Å². The molecule has 1 spiro atoms. The zero-order valence-electron chi connectivity index (χ0n) is 15.0. The summed E-state index contributed by atoms with van der Waals surface area (Å²) in [5.41, 5.74) is 3.66. The van der Waals surface area contributed by atoms with Gasteiger partial charge in [0, 0.05) is 36.5 Å². The third-order valence-corrected chi connectivity index (χ3v) is 7.77. The highest BCUT2D eigenvalue weighted by Crippen LogP contribution is 2.64. The molecule has 5 heteroatoms. The molecule has 4 aliphatic heterocycles. The van der Waals surface area contributed by atoms with Crippen molar-refractivity contribution in [2.24, 2.45) is 11.8 Å². The van der Waals surface area contributed by atoms with Crippen LogP contribution in [0.1, 0.15) is 25.3 Å². The largest absolute Gasteiger partial charge is 0.368 e. The number of para-hydroxylation sites is 1. The average molecular weight is 352 g/mol. The molecule has 1 aliphatic carbocycles. The Morgan fingerprint density at radius 2 is 2.19 bits per heavy atom. The Kier molecular flexibility index (Phi) is 2.94. The van der Waals surface area contributed by atoms with E-state index in [0.29, 0.717) is 18.6 Å². The van der Waals surface area contributed by atoms with Crippen molar-refractivity contribution in [1.82, 2.24) is 4.90 Å². The summed E-state index contributed by atoms with van der Waals surface area (Å²) < 4.78 is 5.78. The van der Waals surface area contributed by atoms with Crippen LogP contribution in [0.5, 0.6) is 0 Å². The van der Waals surface area contributed by atoms with Crippen LogP contribution in [0.2, 0.25) is 0 Å². The molecule has 1 aromatic rings. The smallest absolute Gasteiger partial charge is 0.224 e. The summed E-state index contributed by atoms with van der Waals surface area (Å²) in [5.74, 6) is 0.317. The van der Waals surface area contributed by atoms with Gasteiger partial charge in [-0.2, -0.15) is 0 Å². The Hall–Kier alpha value is -1.69. The van der Waals surface area contributed by atoms with E-state index in [1.807, 2.05) is 11.0 Å². The number of amides is 1. The minimum atomic E-state index is -0.820. The minimum Gasteiger partial charge on any atom is -0.368 e. The van der Waals surface area contributed by atoms with Gasteiger partial charge in [0.25, 0.3) is 0 Å². The van der Waals surface area contributed by atoms with Crippen LogP contribution < -0.4 is 4.90 Å². The number of anilines is 1. The van der Waals surface area contributed by atoms with Crippen molar-refractivity contribution < 1.29 is 14.6 Å². The quantitative estimate of drug-likeness (QED) is 0.722. The second-order valence-corrected chi connectivity index (χ2v) is 8.55. The van der Waals surface area contributed by atoms with Gasteiger partial charge in [0.15, 0.2) is 6.29 Å². The molecule has 6 atom stereocenters. The fourth-order valence-electron chi connectivity index (χ4n) is 6.99. The Morgan fingerprint density at radius 3 is 3.04 bits per heavy atom. The molecule has 1 N–H and O–H groups in total. The Balaban J connectivity index is 1.64. The number of nitrogens with zero attached hydrogens (tertiary/aromatic N) is 2. The highest BCUT2D eigenvalue weighted by atomic mass is 16.6. The highest BCUT2D eigenvalue weighted by molar-refractivity contribution is 5.96. The van der Waals surface area contributed by atoms with Crippen LogP contribution in [0.15, 0.2) is 35.9 Å². The first-order valence-corrected chi connectivity index (χ1v) is 9.75. The molecule has 1 aromatic carbocycles. The number of carbonyl (C=O) groups is 1. The van der Waals surface area contributed by atoms with Crippen LogP contribution in [0.3, 0.4) is 0 Å². The third-order valence-electron chi connectivity index (χ3n) is 7.77. The van der Waals surface area contributed by atoms with E-state index in [0.717, 1.165) is 31.6 Å². The van der Waals surface area contributed by atoms with Gasteiger partial charge < -0.3 is 14.7 Å². The van der Waals surface area contributed by atoms with Crippen LogP contribution in [-0.2, 0) is 14.9 Å². The molecular formula is C21H24N2O3. The molecule has 0 unspecified atom stereocenters. The lowest BCUT2D eigenvalue weighted by atomic mass is 9.55. The van der Waals surface area contributed by atoms with Crippen molar-refractivity contribution >= 4 is 11.6 Å². The van der Waals surface area contributed by atoms with E-state index in [9.17, 15) is 9.90 Å². The first-order valence-electron chi connectivity index (χ1n) is 9.75. The molecule has 5 aliphatic rings. The van der Waals surface area contributed by atoms with Crippen molar-refractivity contribution in [2.75, 3.05) is 24.6 Å². The number of benzene rings is 1. The number of aliphatic hydroxyl groups excluding tert-OH is 1. The predicted octanol–water partition coefficient (Wildman–Crippen LogP) is 1.66. The summed E-state index contributed by atoms with van der Waals surface area (Å²) in [6.45, 7) is 4.18. The fraction of sp³-hybridized carbons (Fsp3) is 0.571. The minimum absolute atomic E-state index is 0.0250. The number of hydrogen-bond donors (Lipinski definition) is 1. The Labute approximate surface area is 153 Å². The maximum Gasteiger partial charge on any atom is 0.224 e. The topological polar surface area (TPSA) is 53.0 Å². The Morgan fingerprint density at radius 1 is 1.35 bits per heavy atom. The molecule has 4 heterocycles. The maximum atomic E-state index is 12.8. The number of rotatable bonds is 0. The van der Waals surface area contributed by atoms with Crippen molar-refractivity contribution in [2.45, 2.75) is 43.6 Å². The van der Waals surface area contributed by atoms with Crippen LogP contribution in [0.25, 0.3) is 0 Å². The van der Waals surface area contributed by atoms with Crippen molar-refractivity contribution in [3.8, 4) is 0 Å². The van der Waals surface area contributed by atoms with Gasteiger partial charge >= 0.3 is 0 Å². The molecule has 1 saturated carbocycles. The van der Waals surface area contributed by atoms with Gasteiger partial charge in [-0.25, -0.2) is 0 Å². The molecule has 0 aromatic heterocycles. The lowest BCUT2D eigenvalue weighted by Gasteiger charge is -2.56. The second-order valence-electron chi connectivity index (χ2n) is 8.55. The maximum absolute atomic E-state index is 12.8. The molecule has 5 nitrogen and oxygen atoms in total. The molecule has 6 rings (SSSR count). The Bertz CT molecular complexity index is 836. The van der Waals surface area contributed by atoms with Crippen LogP contribution >= 0.6 is 0 Å². The second kappa shape index (κ2) is 4.97. The molecule has 136 valence electrons. The average Bonchev–Trinajstić information content (AvgIpc) is 3.10. The zero-order valence-corrected chi connectivity index (χ0v) is 15.0. The van der Waals surface area contributed by atoms with Crippen LogP contribution in [0, 0.1) is 11.8 Å². The van der Waals surface area contributed by atoms with Crippen molar-refractivity contribution in [3.05, 3.63) is 41.5 Å². The number of ether oxygens (including phenoxy) is 1. The first-order chi connectivity index (χ1) is 12.6. The fourth-order valence-corrected chi connectivity index (χ4v) is 6.99. The van der Waals surface area contributed by atoms with Gasteiger partial charge in [0.2, 0.25) is 5.91 Å². The number of piperidine rings is 1. The first kappa shape index (κ1) is 15.4. The van der Waals surface area contributed by atoms with E-state index >= 15 is 0 Å². The normalized spacial score (nSPS) is 42.8. The van der Waals surface area contributed by atoms with E-state index in [1.54, 1.807) is 6.92 Å². The number of carbonyl (C=O) groups excluding carboxylic acids is 1. The molecule has 3 fully saturated rings. The van der Waals surface area contributed by atoms with Gasteiger partial charge in [0.1, 0.15) is 0 Å². The molecule has 1 amide bonds. The standard InChI is InChI=1S/C21H24N2O3/c1-12(24)23-16-5-3-2-4-15(16)21-7-8-22-11-13-6-9-26-20(25)18(19(21)23)14(13)10-17(21)22/h2-6,14,17-20,25H,7-11H2,1H3/t14-,17+,18+,19+,20+,21+/m1/s1. The molecular weight excluding hydrogens is 328 g/mol. The third kappa shape index (κ3) is 1.61.